The zero-order valence-corrected chi connectivity index (χ0v) is 16.1. The number of anilines is 1. The van der Waals surface area contributed by atoms with Gasteiger partial charge in [-0.05, 0) is 31.9 Å². The Bertz CT molecular complexity index is 827. The van der Waals surface area contributed by atoms with Gasteiger partial charge in [-0.2, -0.15) is 0 Å². The summed E-state index contributed by atoms with van der Waals surface area (Å²) in [6, 6.07) is 9.28. The standard InChI is InChI=1S/C20H23ClN4O2/c1-14-12-24(9-10-25(14)20(26)15-5-4-6-15)18-11-19(23-13-22-18)27-17-8-3-2-7-16(17)21/h2-3,7-8,11,13-15H,4-6,9-10,12H2,1H3. The number of hydrogen-bond acceptors (Lipinski definition) is 5. The Morgan fingerprint density at radius 1 is 1.22 bits per heavy atom. The van der Waals surface area contributed by atoms with Crippen LogP contribution in [0, 0.1) is 5.92 Å². The highest BCUT2D eigenvalue weighted by Gasteiger charge is 2.34. The van der Waals surface area contributed by atoms with Gasteiger partial charge in [0.15, 0.2) is 0 Å². The minimum atomic E-state index is 0.162. The van der Waals surface area contributed by atoms with Crippen LogP contribution in [0.5, 0.6) is 11.6 Å². The number of halogens is 1. The molecule has 0 radical (unpaired) electrons. The minimum absolute atomic E-state index is 0.162. The third-order valence-corrected chi connectivity index (χ3v) is 5.68. The molecule has 1 amide bonds. The van der Waals surface area contributed by atoms with E-state index in [1.807, 2.05) is 23.1 Å². The molecule has 1 aromatic heterocycles. The smallest absolute Gasteiger partial charge is 0.226 e. The average molecular weight is 387 g/mol. The van der Waals surface area contributed by atoms with Gasteiger partial charge in [0.1, 0.15) is 17.9 Å². The molecule has 0 spiro atoms. The molecule has 2 aromatic rings. The molecule has 2 heterocycles. The number of hydrogen-bond donors (Lipinski definition) is 0. The van der Waals surface area contributed by atoms with Gasteiger partial charge in [0.2, 0.25) is 11.8 Å². The largest absolute Gasteiger partial charge is 0.437 e. The molecule has 1 unspecified atom stereocenters. The molecule has 6 nitrogen and oxygen atoms in total. The van der Waals surface area contributed by atoms with Crippen LogP contribution >= 0.6 is 11.6 Å². The third-order valence-electron chi connectivity index (χ3n) is 5.37. The van der Waals surface area contributed by atoms with Crippen LogP contribution in [0.15, 0.2) is 36.7 Å². The Kier molecular flexibility index (Phi) is 5.16. The Morgan fingerprint density at radius 2 is 2.04 bits per heavy atom. The summed E-state index contributed by atoms with van der Waals surface area (Å²) in [5, 5.41) is 0.536. The lowest BCUT2D eigenvalue weighted by Crippen LogP contribution is -2.56. The van der Waals surface area contributed by atoms with E-state index in [-0.39, 0.29) is 12.0 Å². The summed E-state index contributed by atoms with van der Waals surface area (Å²) < 4.78 is 5.81. The van der Waals surface area contributed by atoms with Crippen LogP contribution in [-0.4, -0.2) is 46.5 Å². The average Bonchev–Trinajstić information content (AvgIpc) is 2.62. The Labute approximate surface area is 164 Å². The molecule has 1 saturated heterocycles. The first-order chi connectivity index (χ1) is 13.1. The summed E-state index contributed by atoms with van der Waals surface area (Å²) in [6.07, 6.45) is 4.76. The predicted molar refractivity (Wildman–Crippen MR) is 104 cm³/mol. The summed E-state index contributed by atoms with van der Waals surface area (Å²) in [6.45, 7) is 4.33. The van der Waals surface area contributed by atoms with Gasteiger partial charge in [0.05, 0.1) is 5.02 Å². The highest BCUT2D eigenvalue weighted by molar-refractivity contribution is 6.32. The number of benzene rings is 1. The van der Waals surface area contributed by atoms with Crippen LogP contribution in [0.1, 0.15) is 26.2 Å². The molecule has 1 saturated carbocycles. The molecule has 4 rings (SSSR count). The monoisotopic (exact) mass is 386 g/mol. The van der Waals surface area contributed by atoms with Crippen LogP contribution < -0.4 is 9.64 Å². The van der Waals surface area contributed by atoms with Gasteiger partial charge in [-0.3, -0.25) is 4.79 Å². The second-order valence-corrected chi connectivity index (χ2v) is 7.61. The highest BCUT2D eigenvalue weighted by Crippen LogP contribution is 2.31. The van der Waals surface area contributed by atoms with E-state index in [2.05, 4.69) is 21.8 Å². The van der Waals surface area contributed by atoms with Crippen molar-refractivity contribution in [3.05, 3.63) is 41.7 Å². The van der Waals surface area contributed by atoms with Gasteiger partial charge in [-0.15, -0.1) is 0 Å². The van der Waals surface area contributed by atoms with Crippen LogP contribution in [0.2, 0.25) is 5.02 Å². The first-order valence-electron chi connectivity index (χ1n) is 9.41. The molecule has 1 aliphatic heterocycles. The normalized spacial score (nSPS) is 20.3. The fraction of sp³-hybridized carbons (Fsp3) is 0.450. The van der Waals surface area contributed by atoms with Crippen molar-refractivity contribution in [2.75, 3.05) is 24.5 Å². The van der Waals surface area contributed by atoms with E-state index in [1.54, 1.807) is 12.1 Å². The first kappa shape index (κ1) is 18.0. The fourth-order valence-electron chi connectivity index (χ4n) is 3.58. The second kappa shape index (κ2) is 7.72. The quantitative estimate of drug-likeness (QED) is 0.800. The van der Waals surface area contributed by atoms with Crippen molar-refractivity contribution < 1.29 is 9.53 Å². The lowest BCUT2D eigenvalue weighted by Gasteiger charge is -2.43. The van der Waals surface area contributed by atoms with E-state index in [0.717, 1.165) is 38.3 Å². The highest BCUT2D eigenvalue weighted by atomic mass is 35.5. The van der Waals surface area contributed by atoms with Crippen molar-refractivity contribution >= 4 is 23.3 Å². The van der Waals surface area contributed by atoms with Crippen LogP contribution in [0.25, 0.3) is 0 Å². The number of ether oxygens (including phenoxy) is 1. The minimum Gasteiger partial charge on any atom is -0.437 e. The lowest BCUT2D eigenvalue weighted by molar-refractivity contribution is -0.140. The summed E-state index contributed by atoms with van der Waals surface area (Å²) in [5.41, 5.74) is 0. The molecule has 1 atom stereocenters. The van der Waals surface area contributed by atoms with E-state index in [1.165, 1.54) is 12.7 Å². The van der Waals surface area contributed by atoms with Gasteiger partial charge in [0.25, 0.3) is 0 Å². The lowest BCUT2D eigenvalue weighted by atomic mass is 9.84. The van der Waals surface area contributed by atoms with Gasteiger partial charge in [-0.25, -0.2) is 9.97 Å². The van der Waals surface area contributed by atoms with Crippen molar-refractivity contribution in [1.29, 1.82) is 0 Å². The number of amides is 1. The second-order valence-electron chi connectivity index (χ2n) is 7.20. The number of nitrogens with zero attached hydrogens (tertiary/aromatic N) is 4. The Balaban J connectivity index is 1.43. The molecular weight excluding hydrogens is 364 g/mol. The van der Waals surface area contributed by atoms with E-state index >= 15 is 0 Å². The maximum absolute atomic E-state index is 12.6. The molecular formula is C20H23ClN4O2. The van der Waals surface area contributed by atoms with Gasteiger partial charge >= 0.3 is 0 Å². The molecule has 142 valence electrons. The molecule has 1 aliphatic carbocycles. The zero-order valence-electron chi connectivity index (χ0n) is 15.3. The molecule has 2 fully saturated rings. The molecule has 1 aromatic carbocycles. The van der Waals surface area contributed by atoms with E-state index in [0.29, 0.717) is 22.6 Å². The first-order valence-corrected chi connectivity index (χ1v) is 9.79. The maximum atomic E-state index is 12.6. The van der Waals surface area contributed by atoms with Gasteiger partial charge in [-0.1, -0.05) is 30.2 Å². The fourth-order valence-corrected chi connectivity index (χ4v) is 3.76. The van der Waals surface area contributed by atoms with Crippen molar-refractivity contribution in [1.82, 2.24) is 14.9 Å². The van der Waals surface area contributed by atoms with E-state index < -0.39 is 0 Å². The molecule has 2 aliphatic rings. The van der Waals surface area contributed by atoms with Crippen LogP contribution in [-0.2, 0) is 4.79 Å². The van der Waals surface area contributed by atoms with Gasteiger partial charge in [0, 0.05) is 37.7 Å². The Morgan fingerprint density at radius 3 is 2.74 bits per heavy atom. The van der Waals surface area contributed by atoms with E-state index in [9.17, 15) is 4.79 Å². The summed E-state index contributed by atoms with van der Waals surface area (Å²) in [7, 11) is 0. The number of carbonyl (C=O) groups is 1. The van der Waals surface area contributed by atoms with Crippen LogP contribution in [0.3, 0.4) is 0 Å². The predicted octanol–water partition coefficient (Wildman–Crippen LogP) is 3.76. The molecule has 0 N–H and O–H groups in total. The summed E-state index contributed by atoms with van der Waals surface area (Å²) >= 11 is 6.15. The van der Waals surface area contributed by atoms with Crippen molar-refractivity contribution in [2.45, 2.75) is 32.2 Å². The van der Waals surface area contributed by atoms with E-state index in [4.69, 9.17) is 16.3 Å². The van der Waals surface area contributed by atoms with Crippen molar-refractivity contribution in [3.63, 3.8) is 0 Å². The number of aromatic nitrogens is 2. The number of para-hydroxylation sites is 1. The Hall–Kier alpha value is -2.34. The number of piperazine rings is 1. The van der Waals surface area contributed by atoms with Crippen molar-refractivity contribution in [3.8, 4) is 11.6 Å². The summed E-state index contributed by atoms with van der Waals surface area (Å²) in [5.74, 6) is 2.38. The zero-order chi connectivity index (χ0) is 18.8. The number of rotatable bonds is 4. The molecule has 7 heteroatoms. The maximum Gasteiger partial charge on any atom is 0.226 e. The van der Waals surface area contributed by atoms with Crippen molar-refractivity contribution in [2.24, 2.45) is 5.92 Å². The molecule has 0 bridgehead atoms. The third kappa shape index (κ3) is 3.86. The van der Waals surface area contributed by atoms with Gasteiger partial charge < -0.3 is 14.5 Å². The summed E-state index contributed by atoms with van der Waals surface area (Å²) in [4.78, 5) is 25.4. The topological polar surface area (TPSA) is 58.6 Å². The van der Waals surface area contributed by atoms with Crippen LogP contribution in [0.4, 0.5) is 5.82 Å². The molecule has 27 heavy (non-hydrogen) atoms. The SMILES string of the molecule is CC1CN(c2cc(Oc3ccccc3Cl)ncn2)CCN1C(=O)C1CCC1. The number of carbonyl (C=O) groups excluding carboxylic acids is 1.